The second kappa shape index (κ2) is 6.60. The van der Waals surface area contributed by atoms with Crippen molar-refractivity contribution >= 4 is 44.7 Å². The number of amides is 1. The number of fused-ring (bicyclic) bond motifs is 1. The van der Waals surface area contributed by atoms with Gasteiger partial charge in [0.05, 0.1) is 21.6 Å². The molecule has 4 rings (SSSR count). The van der Waals surface area contributed by atoms with Gasteiger partial charge in [0.25, 0.3) is 5.91 Å². The van der Waals surface area contributed by atoms with Crippen LogP contribution in [0.25, 0.3) is 21.6 Å². The van der Waals surface area contributed by atoms with Gasteiger partial charge in [0.15, 0.2) is 5.13 Å². The molecule has 0 aliphatic heterocycles. The summed E-state index contributed by atoms with van der Waals surface area (Å²) >= 11 is 3.06. The third kappa shape index (κ3) is 3.34. The first-order chi connectivity index (χ1) is 12.9. The van der Waals surface area contributed by atoms with Crippen LogP contribution in [0.1, 0.15) is 20.1 Å². The number of hydrogen-bond acceptors (Lipinski definition) is 6. The lowest BCUT2D eigenvalue weighted by Crippen LogP contribution is -2.29. The number of aromatic nitrogens is 3. The highest BCUT2D eigenvalue weighted by atomic mass is 32.1. The Morgan fingerprint density at radius 3 is 2.44 bits per heavy atom. The highest BCUT2D eigenvalue weighted by Gasteiger charge is 2.15. The van der Waals surface area contributed by atoms with Gasteiger partial charge in [0.2, 0.25) is 0 Å². The molecule has 9 heteroatoms. The molecule has 0 bridgehead atoms. The van der Waals surface area contributed by atoms with Gasteiger partial charge in [-0.2, -0.15) is 0 Å². The molecule has 1 aromatic carbocycles. The van der Waals surface area contributed by atoms with Crippen LogP contribution in [-0.2, 0) is 0 Å². The average Bonchev–Trinajstić information content (AvgIpc) is 3.21. The van der Waals surface area contributed by atoms with Gasteiger partial charge in [0, 0.05) is 15.3 Å². The van der Waals surface area contributed by atoms with Crippen molar-refractivity contribution in [3.8, 4) is 10.6 Å². The van der Waals surface area contributed by atoms with Crippen molar-refractivity contribution in [1.82, 2.24) is 15.0 Å². The van der Waals surface area contributed by atoms with Crippen LogP contribution in [0.3, 0.4) is 0 Å². The van der Waals surface area contributed by atoms with Crippen LogP contribution in [0.5, 0.6) is 0 Å². The number of aryl methyl sites for hydroxylation is 2. The molecule has 7 nitrogen and oxygen atoms in total. The van der Waals surface area contributed by atoms with Crippen molar-refractivity contribution in [3.63, 3.8) is 0 Å². The van der Waals surface area contributed by atoms with Crippen molar-refractivity contribution < 1.29 is 4.79 Å². The molecule has 0 atom stereocenters. The number of rotatable bonds is 3. The summed E-state index contributed by atoms with van der Waals surface area (Å²) in [6.07, 6.45) is 0. The van der Waals surface area contributed by atoms with E-state index >= 15 is 0 Å². The van der Waals surface area contributed by atoms with Gasteiger partial charge in [-0.05, 0) is 44.2 Å². The summed E-state index contributed by atoms with van der Waals surface area (Å²) in [6, 6.07) is 8.74. The number of carbonyl (C=O) groups excluding carboxylic acids is 1. The summed E-state index contributed by atoms with van der Waals surface area (Å²) in [4.78, 5) is 48.2. The maximum Gasteiger partial charge on any atom is 0.314 e. The fourth-order valence-corrected chi connectivity index (χ4v) is 4.47. The second-order valence-electron chi connectivity index (χ2n) is 5.96. The van der Waals surface area contributed by atoms with Gasteiger partial charge < -0.3 is 9.97 Å². The summed E-state index contributed by atoms with van der Waals surface area (Å²) in [6.45, 7) is 4.00. The zero-order valence-electron chi connectivity index (χ0n) is 14.4. The van der Waals surface area contributed by atoms with Crippen molar-refractivity contribution in [2.45, 2.75) is 13.8 Å². The molecule has 0 radical (unpaired) electrons. The number of thiophene rings is 1. The molecule has 1 amide bonds. The Kier molecular flexibility index (Phi) is 4.25. The van der Waals surface area contributed by atoms with E-state index in [1.54, 1.807) is 23.5 Å². The first-order valence-corrected chi connectivity index (χ1v) is 9.66. The molecule has 0 saturated carbocycles. The van der Waals surface area contributed by atoms with Crippen molar-refractivity contribution in [3.05, 3.63) is 66.4 Å². The van der Waals surface area contributed by atoms with E-state index in [0.717, 1.165) is 15.4 Å². The molecular weight excluding hydrogens is 384 g/mol. The normalized spacial score (nSPS) is 11.0. The number of hydrogen-bond donors (Lipinski definition) is 3. The smallest absolute Gasteiger partial charge is 0.314 e. The summed E-state index contributed by atoms with van der Waals surface area (Å²) in [5.74, 6) is -0.341. The SMILES string of the molecule is Cc1ccc(-c2nc(NC(=O)c3ccc4[nH]c(=O)c(=O)[nH]c4c3)sc2C)s1. The average molecular weight is 398 g/mol. The van der Waals surface area contributed by atoms with Crippen LogP contribution in [0.15, 0.2) is 39.9 Å². The van der Waals surface area contributed by atoms with E-state index in [1.165, 1.54) is 22.3 Å². The van der Waals surface area contributed by atoms with Gasteiger partial charge >= 0.3 is 11.1 Å². The molecular formula is C18H14N4O3S2. The first-order valence-electron chi connectivity index (χ1n) is 8.02. The maximum absolute atomic E-state index is 12.6. The lowest BCUT2D eigenvalue weighted by atomic mass is 10.2. The molecule has 0 spiro atoms. The van der Waals surface area contributed by atoms with E-state index < -0.39 is 11.1 Å². The summed E-state index contributed by atoms with van der Waals surface area (Å²) in [7, 11) is 0. The molecule has 136 valence electrons. The summed E-state index contributed by atoms with van der Waals surface area (Å²) in [5, 5.41) is 3.30. The van der Waals surface area contributed by atoms with Crippen LogP contribution >= 0.6 is 22.7 Å². The number of H-pyrrole nitrogens is 2. The topological polar surface area (TPSA) is 108 Å². The Labute approximate surface area is 160 Å². The zero-order chi connectivity index (χ0) is 19.1. The molecule has 0 aliphatic carbocycles. The monoisotopic (exact) mass is 398 g/mol. The quantitative estimate of drug-likeness (QED) is 0.460. The van der Waals surface area contributed by atoms with Gasteiger partial charge in [-0.1, -0.05) is 0 Å². The minimum absolute atomic E-state index is 0.341. The van der Waals surface area contributed by atoms with E-state index in [1.807, 2.05) is 26.0 Å². The Balaban J connectivity index is 1.62. The number of carbonyl (C=O) groups is 1. The Hall–Kier alpha value is -3.04. The first kappa shape index (κ1) is 17.4. The van der Waals surface area contributed by atoms with Gasteiger partial charge in [-0.15, -0.1) is 22.7 Å². The number of aromatic amines is 2. The second-order valence-corrected chi connectivity index (χ2v) is 8.45. The van der Waals surface area contributed by atoms with E-state index in [9.17, 15) is 14.4 Å². The van der Waals surface area contributed by atoms with E-state index in [0.29, 0.717) is 21.7 Å². The van der Waals surface area contributed by atoms with Crippen molar-refractivity contribution in [1.29, 1.82) is 0 Å². The van der Waals surface area contributed by atoms with Crippen LogP contribution in [0.4, 0.5) is 5.13 Å². The number of nitrogens with one attached hydrogen (secondary N) is 3. The fraction of sp³-hybridized carbons (Fsp3) is 0.111. The van der Waals surface area contributed by atoms with Crippen molar-refractivity contribution in [2.75, 3.05) is 5.32 Å². The minimum atomic E-state index is -0.758. The van der Waals surface area contributed by atoms with E-state index in [2.05, 4.69) is 20.3 Å². The lowest BCUT2D eigenvalue weighted by Gasteiger charge is -2.03. The standard InChI is InChI=1S/C18H14N4O3S2/c1-8-3-6-13(26-8)14-9(2)27-18(21-14)22-15(23)10-4-5-11-12(7-10)20-17(25)16(24)19-11/h3-7H,1-2H3,(H,19,24)(H,20,25)(H,21,22,23). The zero-order valence-corrected chi connectivity index (χ0v) is 16.0. The number of thiazole rings is 1. The van der Waals surface area contributed by atoms with Crippen LogP contribution < -0.4 is 16.4 Å². The Morgan fingerprint density at radius 1 is 1.00 bits per heavy atom. The molecule has 27 heavy (non-hydrogen) atoms. The molecule has 0 unspecified atom stereocenters. The number of nitrogens with zero attached hydrogens (tertiary/aromatic N) is 1. The molecule has 0 fully saturated rings. The summed E-state index contributed by atoms with van der Waals surface area (Å²) < 4.78 is 0. The molecule has 4 aromatic rings. The van der Waals surface area contributed by atoms with Crippen LogP contribution in [-0.4, -0.2) is 20.9 Å². The number of benzene rings is 1. The predicted octanol–water partition coefficient (Wildman–Crippen LogP) is 3.27. The largest absolute Gasteiger partial charge is 0.316 e. The minimum Gasteiger partial charge on any atom is -0.316 e. The molecule has 3 N–H and O–H groups in total. The molecule has 3 heterocycles. The van der Waals surface area contributed by atoms with Crippen LogP contribution in [0, 0.1) is 13.8 Å². The fourth-order valence-electron chi connectivity index (χ4n) is 2.67. The molecule has 0 aliphatic rings. The van der Waals surface area contributed by atoms with Gasteiger partial charge in [-0.3, -0.25) is 19.7 Å². The molecule has 3 aromatic heterocycles. The predicted molar refractivity (Wildman–Crippen MR) is 108 cm³/mol. The highest BCUT2D eigenvalue weighted by Crippen LogP contribution is 2.34. The van der Waals surface area contributed by atoms with Gasteiger partial charge in [-0.25, -0.2) is 4.98 Å². The maximum atomic E-state index is 12.6. The molecule has 0 saturated heterocycles. The Bertz CT molecular complexity index is 1300. The third-order valence-electron chi connectivity index (χ3n) is 3.98. The lowest BCUT2D eigenvalue weighted by molar-refractivity contribution is 0.102. The van der Waals surface area contributed by atoms with E-state index in [4.69, 9.17) is 0 Å². The number of anilines is 1. The summed E-state index contributed by atoms with van der Waals surface area (Å²) in [5.41, 5.74) is 0.579. The van der Waals surface area contributed by atoms with E-state index in [-0.39, 0.29) is 5.91 Å². The Morgan fingerprint density at radius 2 is 1.74 bits per heavy atom. The highest BCUT2D eigenvalue weighted by molar-refractivity contribution is 7.18. The van der Waals surface area contributed by atoms with Crippen molar-refractivity contribution in [2.24, 2.45) is 0 Å². The third-order valence-corrected chi connectivity index (χ3v) is 5.87. The van der Waals surface area contributed by atoms with Gasteiger partial charge in [0.1, 0.15) is 0 Å². The van der Waals surface area contributed by atoms with Crippen LogP contribution in [0.2, 0.25) is 0 Å².